The summed E-state index contributed by atoms with van der Waals surface area (Å²) in [6.07, 6.45) is 9.32. The Labute approximate surface area is 162 Å². The Morgan fingerprint density at radius 1 is 1.32 bits per heavy atom. The predicted octanol–water partition coefficient (Wildman–Crippen LogP) is 3.08. The third kappa shape index (κ3) is 4.82. The van der Waals surface area contributed by atoms with Crippen LogP contribution in [0.5, 0.6) is 0 Å². The van der Waals surface area contributed by atoms with E-state index in [0.717, 1.165) is 5.56 Å². The molecule has 0 atom stereocenters. The molecule has 144 valence electrons. The predicted molar refractivity (Wildman–Crippen MR) is 103 cm³/mol. The van der Waals surface area contributed by atoms with E-state index in [2.05, 4.69) is 31.7 Å². The van der Waals surface area contributed by atoms with Crippen LogP contribution in [0.25, 0.3) is 0 Å². The number of terminal acetylenes is 1. The van der Waals surface area contributed by atoms with E-state index in [1.54, 1.807) is 0 Å². The standard InChI is InChI=1S/C20H21N5O3/c1-3-4-9-20(24-25-20)10-8-18(26)22-15-7-5-6-14(11-15)12-17-16(13-21-23-17)19(27)28-2/h1,5-7,11,13H,4,8-10,12H2,2H3,(H,21,23)(H,22,26). The molecule has 3 rings (SSSR count). The van der Waals surface area contributed by atoms with Gasteiger partial charge in [-0.25, -0.2) is 4.79 Å². The average molecular weight is 379 g/mol. The molecule has 0 bridgehead atoms. The summed E-state index contributed by atoms with van der Waals surface area (Å²) in [6.45, 7) is 0. The van der Waals surface area contributed by atoms with Gasteiger partial charge in [-0.05, 0) is 17.7 Å². The highest BCUT2D eigenvalue weighted by Gasteiger charge is 2.39. The van der Waals surface area contributed by atoms with Crippen LogP contribution in [-0.2, 0) is 16.0 Å². The number of H-pyrrole nitrogens is 1. The van der Waals surface area contributed by atoms with E-state index in [-0.39, 0.29) is 5.91 Å². The number of ether oxygens (including phenoxy) is 1. The lowest BCUT2D eigenvalue weighted by Crippen LogP contribution is -2.17. The second kappa shape index (κ2) is 8.48. The number of hydrogen-bond acceptors (Lipinski definition) is 6. The highest BCUT2D eigenvalue weighted by Crippen LogP contribution is 2.37. The van der Waals surface area contributed by atoms with Gasteiger partial charge in [-0.2, -0.15) is 15.3 Å². The van der Waals surface area contributed by atoms with Crippen LogP contribution in [-0.4, -0.2) is 34.8 Å². The van der Waals surface area contributed by atoms with E-state index < -0.39 is 11.6 Å². The quantitative estimate of drug-likeness (QED) is 0.515. The summed E-state index contributed by atoms with van der Waals surface area (Å²) in [4.78, 5) is 24.0. The summed E-state index contributed by atoms with van der Waals surface area (Å²) in [7, 11) is 1.33. The van der Waals surface area contributed by atoms with Crippen molar-refractivity contribution in [3.05, 3.63) is 47.3 Å². The van der Waals surface area contributed by atoms with Crippen molar-refractivity contribution >= 4 is 17.6 Å². The summed E-state index contributed by atoms with van der Waals surface area (Å²) < 4.78 is 4.75. The van der Waals surface area contributed by atoms with Crippen molar-refractivity contribution < 1.29 is 14.3 Å². The number of nitrogens with one attached hydrogen (secondary N) is 2. The number of aromatic amines is 1. The molecule has 8 nitrogen and oxygen atoms in total. The van der Waals surface area contributed by atoms with Crippen molar-refractivity contribution in [2.75, 3.05) is 12.4 Å². The van der Waals surface area contributed by atoms with Crippen molar-refractivity contribution in [1.29, 1.82) is 0 Å². The second-order valence-corrected chi connectivity index (χ2v) is 6.57. The van der Waals surface area contributed by atoms with Crippen LogP contribution < -0.4 is 5.32 Å². The van der Waals surface area contributed by atoms with E-state index in [4.69, 9.17) is 11.2 Å². The van der Waals surface area contributed by atoms with Crippen LogP contribution in [0.1, 0.15) is 47.3 Å². The van der Waals surface area contributed by atoms with E-state index in [1.807, 2.05) is 24.3 Å². The van der Waals surface area contributed by atoms with E-state index >= 15 is 0 Å². The lowest BCUT2D eigenvalue weighted by atomic mass is 10.0. The molecule has 28 heavy (non-hydrogen) atoms. The number of anilines is 1. The van der Waals surface area contributed by atoms with Crippen molar-refractivity contribution in [1.82, 2.24) is 10.2 Å². The van der Waals surface area contributed by atoms with Gasteiger partial charge < -0.3 is 10.1 Å². The first-order valence-corrected chi connectivity index (χ1v) is 8.92. The van der Waals surface area contributed by atoms with Gasteiger partial charge in [0.05, 0.1) is 19.0 Å². The number of benzene rings is 1. The summed E-state index contributed by atoms with van der Waals surface area (Å²) in [5.41, 5.74) is 2.19. The molecular weight excluding hydrogens is 358 g/mol. The Kier molecular flexibility index (Phi) is 5.84. The Morgan fingerprint density at radius 2 is 2.14 bits per heavy atom. The molecule has 1 aliphatic heterocycles. The van der Waals surface area contributed by atoms with E-state index in [1.165, 1.54) is 13.3 Å². The molecule has 0 aliphatic carbocycles. The Bertz CT molecular complexity index is 935. The van der Waals surface area contributed by atoms with Gasteiger partial charge in [0.1, 0.15) is 5.56 Å². The number of aromatic nitrogens is 2. The normalized spacial score (nSPS) is 13.6. The molecule has 0 unspecified atom stereocenters. The second-order valence-electron chi connectivity index (χ2n) is 6.57. The molecule has 1 amide bonds. The summed E-state index contributed by atoms with van der Waals surface area (Å²) in [5.74, 6) is 2.03. The first kappa shape index (κ1) is 19.3. The maximum atomic E-state index is 12.3. The molecular formula is C20H21N5O3. The van der Waals surface area contributed by atoms with Gasteiger partial charge >= 0.3 is 5.97 Å². The number of hydrogen-bond donors (Lipinski definition) is 2. The van der Waals surface area contributed by atoms with Gasteiger partial charge in [0.15, 0.2) is 5.66 Å². The fourth-order valence-electron chi connectivity index (χ4n) is 2.90. The minimum atomic E-state index is -0.462. The maximum Gasteiger partial charge on any atom is 0.341 e. The first-order valence-electron chi connectivity index (χ1n) is 8.92. The van der Waals surface area contributed by atoms with Gasteiger partial charge in [0.25, 0.3) is 0 Å². The zero-order valence-electron chi connectivity index (χ0n) is 15.6. The molecule has 0 radical (unpaired) electrons. The maximum absolute atomic E-state index is 12.3. The molecule has 0 spiro atoms. The largest absolute Gasteiger partial charge is 0.465 e. The smallest absolute Gasteiger partial charge is 0.341 e. The molecule has 2 N–H and O–H groups in total. The number of methoxy groups -OCH3 is 1. The zero-order valence-corrected chi connectivity index (χ0v) is 15.6. The molecule has 0 saturated carbocycles. The minimum Gasteiger partial charge on any atom is -0.465 e. The molecule has 0 saturated heterocycles. The highest BCUT2D eigenvalue weighted by molar-refractivity contribution is 5.91. The Balaban J connectivity index is 1.56. The zero-order chi connectivity index (χ0) is 20.0. The summed E-state index contributed by atoms with van der Waals surface area (Å²) in [5, 5.41) is 17.7. The van der Waals surface area contributed by atoms with Crippen molar-refractivity contribution in [2.45, 2.75) is 37.8 Å². The van der Waals surface area contributed by atoms with Crippen LogP contribution in [0.3, 0.4) is 0 Å². The minimum absolute atomic E-state index is 0.105. The van der Waals surface area contributed by atoms with Crippen molar-refractivity contribution in [3.63, 3.8) is 0 Å². The Hall–Kier alpha value is -3.47. The SMILES string of the molecule is C#CCCC1(CCC(=O)Nc2cccc(Cc3[nH]ncc3C(=O)OC)c2)N=N1. The molecule has 8 heteroatoms. The van der Waals surface area contributed by atoms with Gasteiger partial charge in [0.2, 0.25) is 5.91 Å². The van der Waals surface area contributed by atoms with Crippen LogP contribution in [0.4, 0.5) is 5.69 Å². The summed E-state index contributed by atoms with van der Waals surface area (Å²) >= 11 is 0. The van der Waals surface area contributed by atoms with Crippen LogP contribution >= 0.6 is 0 Å². The molecule has 2 aromatic rings. The molecule has 0 fully saturated rings. The lowest BCUT2D eigenvalue weighted by molar-refractivity contribution is -0.116. The summed E-state index contributed by atoms with van der Waals surface area (Å²) in [6, 6.07) is 7.43. The number of carbonyl (C=O) groups excluding carboxylic acids is 2. The van der Waals surface area contributed by atoms with E-state index in [9.17, 15) is 9.59 Å². The van der Waals surface area contributed by atoms with Crippen molar-refractivity contribution in [2.24, 2.45) is 10.2 Å². The topological polar surface area (TPSA) is 109 Å². The number of rotatable bonds is 9. The molecule has 2 heterocycles. The molecule has 1 aromatic carbocycles. The number of nitrogens with zero attached hydrogens (tertiary/aromatic N) is 3. The third-order valence-electron chi connectivity index (χ3n) is 4.52. The monoisotopic (exact) mass is 379 g/mol. The molecule has 1 aromatic heterocycles. The number of carbonyl (C=O) groups is 2. The van der Waals surface area contributed by atoms with E-state index in [0.29, 0.717) is 49.0 Å². The fraction of sp³-hybridized carbons (Fsp3) is 0.350. The Morgan fingerprint density at radius 3 is 2.86 bits per heavy atom. The van der Waals surface area contributed by atoms with Gasteiger partial charge in [-0.1, -0.05) is 12.1 Å². The highest BCUT2D eigenvalue weighted by atomic mass is 16.5. The lowest BCUT2D eigenvalue weighted by Gasteiger charge is -2.10. The molecule has 1 aliphatic rings. The average Bonchev–Trinajstić information content (AvgIpc) is 3.33. The first-order chi connectivity index (χ1) is 13.5. The fourth-order valence-corrected chi connectivity index (χ4v) is 2.90. The van der Waals surface area contributed by atoms with Crippen LogP contribution in [0.2, 0.25) is 0 Å². The number of esters is 1. The number of amides is 1. The van der Waals surface area contributed by atoms with Gasteiger partial charge in [0, 0.05) is 37.8 Å². The van der Waals surface area contributed by atoms with Crippen molar-refractivity contribution in [3.8, 4) is 12.3 Å². The third-order valence-corrected chi connectivity index (χ3v) is 4.52. The van der Waals surface area contributed by atoms with Crippen LogP contribution in [0, 0.1) is 12.3 Å². The van der Waals surface area contributed by atoms with Crippen LogP contribution in [0.15, 0.2) is 40.7 Å². The van der Waals surface area contributed by atoms with Gasteiger partial charge in [-0.15, -0.1) is 12.3 Å². The van der Waals surface area contributed by atoms with Gasteiger partial charge in [-0.3, -0.25) is 9.89 Å².